The number of nitro groups is 1. The second-order valence-electron chi connectivity index (χ2n) is 5.72. The van der Waals surface area contributed by atoms with Gasteiger partial charge in [-0.3, -0.25) is 14.9 Å². The molecule has 3 rings (SSSR count). The summed E-state index contributed by atoms with van der Waals surface area (Å²) < 4.78 is 0. The van der Waals surface area contributed by atoms with Crippen LogP contribution in [0.3, 0.4) is 0 Å². The number of hydrogen-bond acceptors (Lipinski definition) is 3. The van der Waals surface area contributed by atoms with E-state index in [9.17, 15) is 14.9 Å². The van der Waals surface area contributed by atoms with Crippen molar-refractivity contribution in [3.05, 3.63) is 68.2 Å². The number of carbonyl (C=O) groups is 1. The highest BCUT2D eigenvalue weighted by atomic mass is 35.5. The van der Waals surface area contributed by atoms with Crippen LogP contribution in [-0.2, 0) is 11.3 Å². The number of amides is 1. The van der Waals surface area contributed by atoms with E-state index >= 15 is 0 Å². The summed E-state index contributed by atoms with van der Waals surface area (Å²) in [6.45, 7) is 0.325. The van der Waals surface area contributed by atoms with Crippen LogP contribution < -0.4 is 4.90 Å². The first kappa shape index (κ1) is 16.7. The van der Waals surface area contributed by atoms with Crippen molar-refractivity contribution in [3.8, 4) is 0 Å². The predicted octanol–water partition coefficient (Wildman–Crippen LogP) is 4.84. The average Bonchev–Trinajstić information content (AvgIpc) is 3.40. The normalized spacial score (nSPS) is 13.6. The van der Waals surface area contributed by atoms with Gasteiger partial charge in [0, 0.05) is 23.7 Å². The summed E-state index contributed by atoms with van der Waals surface area (Å²) in [6.07, 6.45) is 1.77. The molecule has 0 bridgehead atoms. The van der Waals surface area contributed by atoms with Crippen molar-refractivity contribution in [3.63, 3.8) is 0 Å². The maximum absolute atomic E-state index is 12.6. The highest BCUT2D eigenvalue weighted by Gasteiger charge is 2.34. The van der Waals surface area contributed by atoms with Crippen LogP contribution in [0.5, 0.6) is 0 Å². The standard InChI is InChI=1S/C17H14Cl2N2O3/c18-15-8-7-14(9-16(15)19)20(17(22)12-3-4-12)10-11-1-5-13(6-2-11)21(23)24/h1-2,5-9,12H,3-4,10H2. The van der Waals surface area contributed by atoms with Crippen LogP contribution >= 0.6 is 23.2 Å². The van der Waals surface area contributed by atoms with Crippen molar-refractivity contribution in [2.75, 3.05) is 4.90 Å². The van der Waals surface area contributed by atoms with Gasteiger partial charge in [-0.15, -0.1) is 0 Å². The molecule has 7 heteroatoms. The molecule has 0 atom stereocenters. The minimum atomic E-state index is -0.449. The number of halogens is 2. The van der Waals surface area contributed by atoms with Crippen LogP contribution in [0, 0.1) is 16.0 Å². The summed E-state index contributed by atoms with van der Waals surface area (Å²) in [6, 6.07) is 11.2. The lowest BCUT2D eigenvalue weighted by molar-refractivity contribution is -0.384. The molecule has 0 N–H and O–H groups in total. The number of carbonyl (C=O) groups excluding carboxylic acids is 1. The highest BCUT2D eigenvalue weighted by Crippen LogP contribution is 2.35. The van der Waals surface area contributed by atoms with Crippen LogP contribution in [0.4, 0.5) is 11.4 Å². The van der Waals surface area contributed by atoms with E-state index in [2.05, 4.69) is 0 Å². The summed E-state index contributed by atoms with van der Waals surface area (Å²) in [5.74, 6) is 0.0734. The smallest absolute Gasteiger partial charge is 0.269 e. The number of nitro benzene ring substituents is 1. The lowest BCUT2D eigenvalue weighted by Crippen LogP contribution is -2.31. The lowest BCUT2D eigenvalue weighted by Gasteiger charge is -2.23. The van der Waals surface area contributed by atoms with E-state index in [1.807, 2.05) is 0 Å². The Balaban J connectivity index is 1.88. The zero-order valence-electron chi connectivity index (χ0n) is 12.6. The molecule has 1 fully saturated rings. The van der Waals surface area contributed by atoms with E-state index in [1.165, 1.54) is 12.1 Å². The van der Waals surface area contributed by atoms with Gasteiger partial charge in [0.2, 0.25) is 5.91 Å². The van der Waals surface area contributed by atoms with Gasteiger partial charge in [-0.05, 0) is 36.6 Å². The van der Waals surface area contributed by atoms with Crippen molar-refractivity contribution in [1.29, 1.82) is 0 Å². The van der Waals surface area contributed by atoms with E-state index in [4.69, 9.17) is 23.2 Å². The largest absolute Gasteiger partial charge is 0.308 e. The van der Waals surface area contributed by atoms with Crippen LogP contribution in [0.2, 0.25) is 10.0 Å². The van der Waals surface area contributed by atoms with Gasteiger partial charge >= 0.3 is 0 Å². The second-order valence-corrected chi connectivity index (χ2v) is 6.54. The Morgan fingerprint density at radius 1 is 1.12 bits per heavy atom. The van der Waals surface area contributed by atoms with Crippen molar-refractivity contribution in [1.82, 2.24) is 0 Å². The van der Waals surface area contributed by atoms with Crippen LogP contribution in [0.1, 0.15) is 18.4 Å². The summed E-state index contributed by atoms with van der Waals surface area (Å²) >= 11 is 12.0. The van der Waals surface area contributed by atoms with Gasteiger partial charge < -0.3 is 4.90 Å². The topological polar surface area (TPSA) is 63.5 Å². The molecule has 2 aromatic carbocycles. The molecule has 24 heavy (non-hydrogen) atoms. The fraction of sp³-hybridized carbons (Fsp3) is 0.235. The van der Waals surface area contributed by atoms with Gasteiger partial charge in [0.25, 0.3) is 5.69 Å². The molecule has 1 aliphatic carbocycles. The molecular formula is C17H14Cl2N2O3. The molecule has 1 amide bonds. The minimum Gasteiger partial charge on any atom is -0.308 e. The van der Waals surface area contributed by atoms with Crippen molar-refractivity contribution in [2.45, 2.75) is 19.4 Å². The molecule has 1 aliphatic rings. The molecule has 0 saturated heterocycles. The number of nitrogens with zero attached hydrogens (tertiary/aromatic N) is 2. The van der Waals surface area contributed by atoms with Crippen LogP contribution in [-0.4, -0.2) is 10.8 Å². The van der Waals surface area contributed by atoms with Crippen molar-refractivity contribution < 1.29 is 9.72 Å². The third-order valence-electron chi connectivity index (χ3n) is 3.90. The Bertz CT molecular complexity index is 789. The quantitative estimate of drug-likeness (QED) is 0.562. The number of hydrogen-bond donors (Lipinski definition) is 0. The molecule has 0 spiro atoms. The molecule has 0 aromatic heterocycles. The highest BCUT2D eigenvalue weighted by molar-refractivity contribution is 6.42. The predicted molar refractivity (Wildman–Crippen MR) is 93.5 cm³/mol. The molecule has 0 aliphatic heterocycles. The van der Waals surface area contributed by atoms with E-state index in [-0.39, 0.29) is 17.5 Å². The fourth-order valence-electron chi connectivity index (χ4n) is 2.41. The second kappa shape index (κ2) is 6.79. The first-order chi connectivity index (χ1) is 11.5. The Morgan fingerprint density at radius 2 is 1.79 bits per heavy atom. The summed E-state index contributed by atoms with van der Waals surface area (Å²) in [7, 11) is 0. The SMILES string of the molecule is O=C(C1CC1)N(Cc1ccc([N+](=O)[O-])cc1)c1ccc(Cl)c(Cl)c1. The zero-order chi connectivity index (χ0) is 17.3. The number of anilines is 1. The van der Waals surface area contributed by atoms with E-state index in [0.717, 1.165) is 18.4 Å². The van der Waals surface area contributed by atoms with E-state index in [1.54, 1.807) is 35.2 Å². The Kier molecular flexibility index (Phi) is 4.73. The maximum Gasteiger partial charge on any atom is 0.269 e. The van der Waals surface area contributed by atoms with E-state index < -0.39 is 4.92 Å². The minimum absolute atomic E-state index is 0.0216. The molecule has 124 valence electrons. The lowest BCUT2D eigenvalue weighted by atomic mass is 10.1. The van der Waals surface area contributed by atoms with Gasteiger partial charge in [0.15, 0.2) is 0 Å². The fourth-order valence-corrected chi connectivity index (χ4v) is 2.70. The number of benzene rings is 2. The van der Waals surface area contributed by atoms with E-state index in [0.29, 0.717) is 22.3 Å². The Morgan fingerprint density at radius 3 is 2.33 bits per heavy atom. The molecule has 0 radical (unpaired) electrons. The van der Waals surface area contributed by atoms with Gasteiger partial charge in [-0.2, -0.15) is 0 Å². The molecule has 2 aromatic rings. The summed E-state index contributed by atoms with van der Waals surface area (Å²) in [5, 5.41) is 11.6. The number of rotatable bonds is 5. The zero-order valence-corrected chi connectivity index (χ0v) is 14.1. The number of non-ortho nitro benzene ring substituents is 1. The summed E-state index contributed by atoms with van der Waals surface area (Å²) in [5.41, 5.74) is 1.49. The van der Waals surface area contributed by atoms with Gasteiger partial charge in [0.05, 0.1) is 21.5 Å². The Hall–Kier alpha value is -2.11. The monoisotopic (exact) mass is 364 g/mol. The van der Waals surface area contributed by atoms with Gasteiger partial charge in [0.1, 0.15) is 0 Å². The van der Waals surface area contributed by atoms with Crippen molar-refractivity contribution in [2.24, 2.45) is 5.92 Å². The molecule has 1 saturated carbocycles. The first-order valence-corrected chi connectivity index (χ1v) is 8.21. The van der Waals surface area contributed by atoms with Crippen LogP contribution in [0.15, 0.2) is 42.5 Å². The third kappa shape index (κ3) is 3.68. The molecular weight excluding hydrogens is 351 g/mol. The average molecular weight is 365 g/mol. The van der Waals surface area contributed by atoms with Gasteiger partial charge in [-0.1, -0.05) is 35.3 Å². The van der Waals surface area contributed by atoms with Crippen molar-refractivity contribution >= 4 is 40.5 Å². The van der Waals surface area contributed by atoms with Gasteiger partial charge in [-0.25, -0.2) is 0 Å². The molecule has 0 unspecified atom stereocenters. The molecule has 5 nitrogen and oxygen atoms in total. The first-order valence-electron chi connectivity index (χ1n) is 7.45. The Labute approximate surface area is 148 Å². The van der Waals surface area contributed by atoms with Crippen LogP contribution in [0.25, 0.3) is 0 Å². The molecule has 0 heterocycles. The third-order valence-corrected chi connectivity index (χ3v) is 4.63. The maximum atomic E-state index is 12.6. The summed E-state index contributed by atoms with van der Waals surface area (Å²) in [4.78, 5) is 24.6.